The first-order valence-corrected chi connectivity index (χ1v) is 9.82. The SMILES string of the molecule is CC(C)(C)OC(=O)N[C@](C)(Cc1ccccc1)c1nnc(-c2cc(C(=O)O)cc(=O)[nH]2)o1. The van der Waals surface area contributed by atoms with E-state index in [1.807, 2.05) is 30.3 Å². The summed E-state index contributed by atoms with van der Waals surface area (Å²) in [5, 5.41) is 20.0. The maximum atomic E-state index is 12.5. The lowest BCUT2D eigenvalue weighted by atomic mass is 9.92. The van der Waals surface area contributed by atoms with Gasteiger partial charge in [0.15, 0.2) is 0 Å². The third kappa shape index (κ3) is 5.60. The highest BCUT2D eigenvalue weighted by Crippen LogP contribution is 2.28. The molecule has 168 valence electrons. The Morgan fingerprint density at radius 3 is 2.44 bits per heavy atom. The number of hydrogen-bond donors (Lipinski definition) is 3. The van der Waals surface area contributed by atoms with E-state index in [1.165, 1.54) is 6.07 Å². The highest BCUT2D eigenvalue weighted by atomic mass is 16.6. The van der Waals surface area contributed by atoms with Crippen molar-refractivity contribution < 1.29 is 23.8 Å². The van der Waals surface area contributed by atoms with Crippen LogP contribution in [-0.2, 0) is 16.7 Å². The van der Waals surface area contributed by atoms with Crippen LogP contribution in [0.15, 0.2) is 51.7 Å². The standard InChI is InChI=1S/C22H24N4O6/c1-21(2,3)32-20(30)24-22(4,12-13-8-6-5-7-9-13)19-26-25-17(31-19)15-10-14(18(28)29)11-16(27)23-15/h5-11H,12H2,1-4H3,(H,23,27)(H,24,30)(H,28,29)/t22-/m1/s1. The fourth-order valence-corrected chi connectivity index (χ4v) is 3.04. The van der Waals surface area contributed by atoms with Gasteiger partial charge in [0.1, 0.15) is 16.8 Å². The summed E-state index contributed by atoms with van der Waals surface area (Å²) in [6.07, 6.45) is -0.364. The Labute approximate surface area is 183 Å². The predicted octanol–water partition coefficient (Wildman–Crippen LogP) is 3.11. The van der Waals surface area contributed by atoms with Crippen LogP contribution in [0.5, 0.6) is 0 Å². The molecule has 0 saturated heterocycles. The van der Waals surface area contributed by atoms with E-state index in [2.05, 4.69) is 20.5 Å². The topological polar surface area (TPSA) is 147 Å². The molecule has 2 heterocycles. The van der Waals surface area contributed by atoms with Gasteiger partial charge in [0.2, 0.25) is 11.4 Å². The summed E-state index contributed by atoms with van der Waals surface area (Å²) < 4.78 is 11.2. The minimum Gasteiger partial charge on any atom is -0.478 e. The molecule has 3 N–H and O–H groups in total. The van der Waals surface area contributed by atoms with Crippen molar-refractivity contribution in [2.24, 2.45) is 0 Å². The third-order valence-corrected chi connectivity index (χ3v) is 4.40. The molecule has 3 aromatic rings. The lowest BCUT2D eigenvalue weighted by Gasteiger charge is -2.29. The van der Waals surface area contributed by atoms with E-state index < -0.39 is 28.8 Å². The van der Waals surface area contributed by atoms with Crippen molar-refractivity contribution >= 4 is 12.1 Å². The average molecular weight is 440 g/mol. The Hall–Kier alpha value is -3.95. The summed E-state index contributed by atoms with van der Waals surface area (Å²) in [5.41, 5.74) is -1.77. The molecule has 10 nitrogen and oxygen atoms in total. The largest absolute Gasteiger partial charge is 0.478 e. The van der Waals surface area contributed by atoms with E-state index >= 15 is 0 Å². The van der Waals surface area contributed by atoms with Gasteiger partial charge in [0.05, 0.1) is 5.56 Å². The molecule has 0 aliphatic rings. The molecule has 3 rings (SSSR count). The molecular weight excluding hydrogens is 416 g/mol. The number of carboxylic acids is 1. The highest BCUT2D eigenvalue weighted by Gasteiger charge is 2.36. The van der Waals surface area contributed by atoms with Crippen molar-refractivity contribution in [2.75, 3.05) is 0 Å². The fourth-order valence-electron chi connectivity index (χ4n) is 3.04. The third-order valence-electron chi connectivity index (χ3n) is 4.40. The molecule has 1 atom stereocenters. The molecule has 32 heavy (non-hydrogen) atoms. The first kappa shape index (κ1) is 22.7. The van der Waals surface area contributed by atoms with Gasteiger partial charge in [-0.25, -0.2) is 9.59 Å². The second kappa shape index (κ2) is 8.66. The number of ether oxygens (including phenoxy) is 1. The molecule has 0 radical (unpaired) electrons. The minimum atomic E-state index is -1.27. The number of H-pyrrole nitrogens is 1. The summed E-state index contributed by atoms with van der Waals surface area (Å²) >= 11 is 0. The monoisotopic (exact) mass is 440 g/mol. The molecule has 10 heteroatoms. The molecule has 1 aromatic carbocycles. The minimum absolute atomic E-state index is 0.0491. The van der Waals surface area contributed by atoms with E-state index in [1.54, 1.807) is 27.7 Å². The summed E-state index contributed by atoms with van der Waals surface area (Å²) in [4.78, 5) is 38.1. The molecular formula is C22H24N4O6. The Morgan fingerprint density at radius 1 is 1.12 bits per heavy atom. The van der Waals surface area contributed by atoms with Gasteiger partial charge < -0.3 is 24.6 Å². The molecule has 0 unspecified atom stereocenters. The maximum absolute atomic E-state index is 12.5. The van der Waals surface area contributed by atoms with Gasteiger partial charge in [-0.2, -0.15) is 0 Å². The number of nitrogens with zero attached hydrogens (tertiary/aromatic N) is 2. The van der Waals surface area contributed by atoms with E-state index in [9.17, 15) is 19.5 Å². The number of amides is 1. The fraction of sp³-hybridized carbons (Fsp3) is 0.318. The first-order valence-electron chi connectivity index (χ1n) is 9.82. The number of pyridine rings is 1. The number of alkyl carbamates (subject to hydrolysis) is 1. The van der Waals surface area contributed by atoms with Gasteiger partial charge in [0.25, 0.3) is 5.89 Å². The molecule has 0 aliphatic heterocycles. The second-order valence-electron chi connectivity index (χ2n) is 8.49. The van der Waals surface area contributed by atoms with Crippen LogP contribution in [0.1, 0.15) is 49.5 Å². The molecule has 0 saturated carbocycles. The summed E-state index contributed by atoms with van der Waals surface area (Å²) in [7, 11) is 0. The normalized spacial score (nSPS) is 13.2. The van der Waals surface area contributed by atoms with E-state index in [0.717, 1.165) is 11.6 Å². The smallest absolute Gasteiger partial charge is 0.408 e. The van der Waals surface area contributed by atoms with Gasteiger partial charge >= 0.3 is 12.1 Å². The van der Waals surface area contributed by atoms with E-state index in [0.29, 0.717) is 6.42 Å². The zero-order valence-electron chi connectivity index (χ0n) is 18.1. The van der Waals surface area contributed by atoms with Crippen LogP contribution in [0.2, 0.25) is 0 Å². The van der Waals surface area contributed by atoms with Gasteiger partial charge in [-0.3, -0.25) is 4.79 Å². The summed E-state index contributed by atoms with van der Waals surface area (Å²) in [6.45, 7) is 6.95. The number of carbonyl (C=O) groups excluding carboxylic acids is 1. The maximum Gasteiger partial charge on any atom is 0.408 e. The highest BCUT2D eigenvalue weighted by molar-refractivity contribution is 5.88. The van der Waals surface area contributed by atoms with Crippen molar-refractivity contribution in [3.05, 3.63) is 69.8 Å². The van der Waals surface area contributed by atoms with Gasteiger partial charge in [-0.1, -0.05) is 30.3 Å². The van der Waals surface area contributed by atoms with Crippen LogP contribution in [0.4, 0.5) is 4.79 Å². The van der Waals surface area contributed by atoms with Crippen molar-refractivity contribution in [3.63, 3.8) is 0 Å². The Morgan fingerprint density at radius 2 is 1.81 bits per heavy atom. The molecule has 1 amide bonds. The molecule has 0 fully saturated rings. The molecule has 0 spiro atoms. The zero-order valence-corrected chi connectivity index (χ0v) is 18.1. The Bertz CT molecular complexity index is 1180. The van der Waals surface area contributed by atoms with Crippen LogP contribution in [0.3, 0.4) is 0 Å². The number of carbonyl (C=O) groups is 2. The van der Waals surface area contributed by atoms with E-state index in [4.69, 9.17) is 9.15 Å². The lowest BCUT2D eigenvalue weighted by Crippen LogP contribution is -2.47. The Kier molecular flexibility index (Phi) is 6.15. The molecule has 0 bridgehead atoms. The Balaban J connectivity index is 1.99. The number of rotatable bonds is 6. The van der Waals surface area contributed by atoms with Crippen LogP contribution in [-0.4, -0.2) is 38.0 Å². The van der Waals surface area contributed by atoms with Crippen molar-refractivity contribution in [1.82, 2.24) is 20.5 Å². The summed E-state index contributed by atoms with van der Waals surface area (Å²) in [6, 6.07) is 11.6. The van der Waals surface area contributed by atoms with Crippen molar-refractivity contribution in [1.29, 1.82) is 0 Å². The quantitative estimate of drug-likeness (QED) is 0.530. The van der Waals surface area contributed by atoms with Gasteiger partial charge in [0, 0.05) is 12.5 Å². The number of hydrogen-bond acceptors (Lipinski definition) is 7. The number of aromatic carboxylic acids is 1. The molecule has 2 aromatic heterocycles. The first-order chi connectivity index (χ1) is 14.9. The van der Waals surface area contributed by atoms with Crippen molar-refractivity contribution in [3.8, 4) is 11.6 Å². The van der Waals surface area contributed by atoms with Gasteiger partial charge in [-0.15, -0.1) is 10.2 Å². The van der Waals surface area contributed by atoms with Crippen LogP contribution >= 0.6 is 0 Å². The number of benzene rings is 1. The molecule has 0 aliphatic carbocycles. The number of aromatic nitrogens is 3. The number of aromatic amines is 1. The number of carboxylic acid groups (broad SMARTS) is 1. The van der Waals surface area contributed by atoms with E-state index in [-0.39, 0.29) is 23.0 Å². The van der Waals surface area contributed by atoms with Gasteiger partial charge in [-0.05, 0) is 39.3 Å². The second-order valence-corrected chi connectivity index (χ2v) is 8.49. The van der Waals surface area contributed by atoms with Crippen LogP contribution in [0, 0.1) is 0 Å². The van der Waals surface area contributed by atoms with Crippen LogP contribution in [0.25, 0.3) is 11.6 Å². The summed E-state index contributed by atoms with van der Waals surface area (Å²) in [5.74, 6) is -1.30. The average Bonchev–Trinajstić information content (AvgIpc) is 3.17. The zero-order chi connectivity index (χ0) is 23.5. The van der Waals surface area contributed by atoms with Crippen LogP contribution < -0.4 is 10.9 Å². The number of nitrogens with one attached hydrogen (secondary N) is 2. The lowest BCUT2D eigenvalue weighted by molar-refractivity contribution is 0.0443. The van der Waals surface area contributed by atoms with Crippen molar-refractivity contribution in [2.45, 2.75) is 45.3 Å². The predicted molar refractivity (Wildman–Crippen MR) is 114 cm³/mol.